The number of azide groups is 1. The molecule has 5 nitrogen and oxygen atoms in total. The standard InChI is InChI=1S/C9H7N3O2S2/c1-14-8(13)5-3-2-4-6-7(5)16-9(15-6)11-12-10/h2-4,9H,1H3. The van der Waals surface area contributed by atoms with E-state index >= 15 is 0 Å². The van der Waals surface area contributed by atoms with E-state index in [0.717, 1.165) is 9.79 Å². The van der Waals surface area contributed by atoms with Crippen LogP contribution in [0.15, 0.2) is 33.1 Å². The van der Waals surface area contributed by atoms with Crippen molar-refractivity contribution in [3.8, 4) is 0 Å². The van der Waals surface area contributed by atoms with E-state index in [1.165, 1.54) is 30.6 Å². The number of carbonyl (C=O) groups excluding carboxylic acids is 1. The highest BCUT2D eigenvalue weighted by atomic mass is 32.2. The summed E-state index contributed by atoms with van der Waals surface area (Å²) in [5, 5.41) is 3.62. The SMILES string of the molecule is COC(=O)c1cccc2c1SC(N=[N+]=[N-])S2. The second-order valence-electron chi connectivity index (χ2n) is 2.87. The van der Waals surface area contributed by atoms with Crippen molar-refractivity contribution < 1.29 is 9.53 Å². The summed E-state index contributed by atoms with van der Waals surface area (Å²) in [7, 11) is 1.35. The van der Waals surface area contributed by atoms with Gasteiger partial charge in [0.25, 0.3) is 0 Å². The second kappa shape index (κ2) is 4.69. The fourth-order valence-electron chi connectivity index (χ4n) is 1.32. The van der Waals surface area contributed by atoms with Gasteiger partial charge in [0.15, 0.2) is 0 Å². The summed E-state index contributed by atoms with van der Waals surface area (Å²) in [5.74, 6) is -0.369. The Labute approximate surface area is 100 Å². The molecule has 1 unspecified atom stereocenters. The van der Waals surface area contributed by atoms with Gasteiger partial charge in [-0.25, -0.2) is 4.79 Å². The number of nitrogens with zero attached hydrogens (tertiary/aromatic N) is 3. The van der Waals surface area contributed by atoms with E-state index in [0.29, 0.717) is 5.56 Å². The van der Waals surface area contributed by atoms with Crippen LogP contribution in [-0.4, -0.2) is 17.8 Å². The maximum absolute atomic E-state index is 11.5. The summed E-state index contributed by atoms with van der Waals surface area (Å²) in [6, 6.07) is 5.39. The molecule has 1 atom stereocenters. The zero-order valence-electron chi connectivity index (χ0n) is 8.28. The van der Waals surface area contributed by atoms with Gasteiger partial charge in [0.2, 0.25) is 0 Å². The Balaban J connectivity index is 2.38. The molecule has 0 spiro atoms. The number of carbonyl (C=O) groups is 1. The molecule has 0 fully saturated rings. The summed E-state index contributed by atoms with van der Waals surface area (Å²) in [5.41, 5.74) is 8.89. The number of rotatable bonds is 2. The smallest absolute Gasteiger partial charge is 0.339 e. The van der Waals surface area contributed by atoms with E-state index in [9.17, 15) is 4.79 Å². The van der Waals surface area contributed by atoms with Crippen LogP contribution in [0.2, 0.25) is 0 Å². The van der Waals surface area contributed by atoms with Crippen molar-refractivity contribution >= 4 is 29.5 Å². The number of methoxy groups -OCH3 is 1. The lowest BCUT2D eigenvalue weighted by molar-refractivity contribution is 0.0596. The third-order valence-corrected chi connectivity index (χ3v) is 4.54. The van der Waals surface area contributed by atoms with Crippen LogP contribution in [0.25, 0.3) is 10.4 Å². The van der Waals surface area contributed by atoms with E-state index < -0.39 is 0 Å². The average Bonchev–Trinajstić information content (AvgIpc) is 2.70. The quantitative estimate of drug-likeness (QED) is 0.351. The van der Waals surface area contributed by atoms with E-state index in [1.54, 1.807) is 12.1 Å². The molecule has 7 heteroatoms. The molecule has 1 aromatic carbocycles. The minimum atomic E-state index is -0.369. The molecule has 1 aromatic rings. The third-order valence-electron chi connectivity index (χ3n) is 1.98. The zero-order valence-corrected chi connectivity index (χ0v) is 9.92. The lowest BCUT2D eigenvalue weighted by atomic mass is 10.2. The van der Waals surface area contributed by atoms with Gasteiger partial charge in [-0.05, 0) is 17.7 Å². The molecular formula is C9H7N3O2S2. The van der Waals surface area contributed by atoms with Gasteiger partial charge in [0.1, 0.15) is 4.71 Å². The summed E-state index contributed by atoms with van der Waals surface area (Å²) >= 11 is 2.81. The highest BCUT2D eigenvalue weighted by molar-refractivity contribution is 8.19. The Hall–Kier alpha value is -1.30. The summed E-state index contributed by atoms with van der Waals surface area (Å²) in [6.07, 6.45) is 0. The molecule has 0 saturated heterocycles. The molecule has 1 heterocycles. The lowest BCUT2D eigenvalue weighted by Gasteiger charge is -2.03. The van der Waals surface area contributed by atoms with Gasteiger partial charge in [-0.15, -0.1) is 23.5 Å². The molecule has 0 saturated carbocycles. The fourth-order valence-corrected chi connectivity index (χ4v) is 3.84. The number of hydrogen-bond acceptors (Lipinski definition) is 5. The maximum Gasteiger partial charge on any atom is 0.339 e. The number of hydrogen-bond donors (Lipinski definition) is 0. The summed E-state index contributed by atoms with van der Waals surface area (Å²) in [6.45, 7) is 0. The fraction of sp³-hybridized carbons (Fsp3) is 0.222. The minimum Gasteiger partial charge on any atom is -0.465 e. The van der Waals surface area contributed by atoms with E-state index in [-0.39, 0.29) is 10.7 Å². The number of thioether (sulfide) groups is 2. The predicted octanol–water partition coefficient (Wildman–Crippen LogP) is 3.26. The molecule has 82 valence electrons. The van der Waals surface area contributed by atoms with E-state index in [2.05, 4.69) is 10.0 Å². The largest absolute Gasteiger partial charge is 0.465 e. The summed E-state index contributed by atoms with van der Waals surface area (Å²) < 4.78 is 4.45. The Morgan fingerprint density at radius 3 is 3.06 bits per heavy atom. The Kier molecular flexibility index (Phi) is 3.28. The van der Waals surface area contributed by atoms with Crippen molar-refractivity contribution in [1.82, 2.24) is 0 Å². The molecule has 0 bridgehead atoms. The first-order valence-electron chi connectivity index (χ1n) is 4.35. The highest BCUT2D eigenvalue weighted by Gasteiger charge is 2.26. The average molecular weight is 253 g/mol. The van der Waals surface area contributed by atoms with E-state index in [1.807, 2.05) is 6.07 Å². The van der Waals surface area contributed by atoms with Crippen molar-refractivity contribution in [2.24, 2.45) is 5.11 Å². The van der Waals surface area contributed by atoms with Crippen molar-refractivity contribution in [3.63, 3.8) is 0 Å². The number of esters is 1. The number of benzene rings is 1. The van der Waals surface area contributed by atoms with Gasteiger partial charge in [-0.2, -0.15) is 0 Å². The first-order valence-corrected chi connectivity index (χ1v) is 6.11. The Bertz CT molecular complexity index is 486. The molecule has 0 N–H and O–H groups in total. The van der Waals surface area contributed by atoms with Gasteiger partial charge in [0.05, 0.1) is 12.7 Å². The van der Waals surface area contributed by atoms with Crippen LogP contribution >= 0.6 is 23.5 Å². The molecule has 0 radical (unpaired) electrons. The summed E-state index contributed by atoms with van der Waals surface area (Å²) in [4.78, 5) is 16.0. The third kappa shape index (κ3) is 1.97. The van der Waals surface area contributed by atoms with Gasteiger partial charge in [-0.3, -0.25) is 0 Å². The van der Waals surface area contributed by atoms with Gasteiger partial charge < -0.3 is 4.74 Å². The van der Waals surface area contributed by atoms with Crippen LogP contribution in [0, 0.1) is 0 Å². The van der Waals surface area contributed by atoms with Crippen LogP contribution in [0.1, 0.15) is 10.4 Å². The van der Waals surface area contributed by atoms with Crippen LogP contribution < -0.4 is 0 Å². The molecule has 0 aliphatic carbocycles. The molecule has 0 aromatic heterocycles. The number of ether oxygens (including phenoxy) is 1. The van der Waals surface area contributed by atoms with Crippen molar-refractivity contribution in [2.75, 3.05) is 7.11 Å². The van der Waals surface area contributed by atoms with Crippen LogP contribution in [0.3, 0.4) is 0 Å². The highest BCUT2D eigenvalue weighted by Crippen LogP contribution is 2.49. The van der Waals surface area contributed by atoms with E-state index in [4.69, 9.17) is 10.3 Å². The monoisotopic (exact) mass is 253 g/mol. The topological polar surface area (TPSA) is 75.1 Å². The second-order valence-corrected chi connectivity index (χ2v) is 5.38. The maximum atomic E-state index is 11.5. The van der Waals surface area contributed by atoms with Gasteiger partial charge in [0, 0.05) is 14.7 Å². The molecular weight excluding hydrogens is 246 g/mol. The van der Waals surface area contributed by atoms with Crippen molar-refractivity contribution in [1.29, 1.82) is 0 Å². The first-order chi connectivity index (χ1) is 7.76. The van der Waals surface area contributed by atoms with Gasteiger partial charge >= 0.3 is 5.97 Å². The van der Waals surface area contributed by atoms with Gasteiger partial charge in [-0.1, -0.05) is 11.2 Å². The number of fused-ring (bicyclic) bond motifs is 1. The Morgan fingerprint density at radius 1 is 1.56 bits per heavy atom. The molecule has 16 heavy (non-hydrogen) atoms. The van der Waals surface area contributed by atoms with Crippen LogP contribution in [0.4, 0.5) is 0 Å². The zero-order chi connectivity index (χ0) is 11.5. The van der Waals surface area contributed by atoms with Crippen LogP contribution in [-0.2, 0) is 4.74 Å². The molecule has 0 amide bonds. The Morgan fingerprint density at radius 2 is 2.38 bits per heavy atom. The minimum absolute atomic E-state index is 0.245. The molecule has 1 aliphatic heterocycles. The lowest BCUT2D eigenvalue weighted by Crippen LogP contribution is -2.02. The molecule has 1 aliphatic rings. The first kappa shape index (κ1) is 11.2. The van der Waals surface area contributed by atoms with Crippen molar-refractivity contribution in [2.45, 2.75) is 14.5 Å². The van der Waals surface area contributed by atoms with Crippen molar-refractivity contribution in [3.05, 3.63) is 34.2 Å². The normalized spacial score (nSPS) is 17.4. The van der Waals surface area contributed by atoms with Crippen LogP contribution in [0.5, 0.6) is 0 Å². The molecule has 2 rings (SSSR count). The predicted molar refractivity (Wildman–Crippen MR) is 62.4 cm³/mol.